The smallest absolute Gasteiger partial charge is 0.220 e. The van der Waals surface area contributed by atoms with Crippen molar-refractivity contribution in [1.82, 2.24) is 15.2 Å². The van der Waals surface area contributed by atoms with E-state index in [0.717, 1.165) is 45.2 Å². The van der Waals surface area contributed by atoms with Crippen molar-refractivity contribution in [3.05, 3.63) is 30.1 Å². The van der Waals surface area contributed by atoms with Gasteiger partial charge in [-0.05, 0) is 75.7 Å². The molecule has 2 heterocycles. The lowest BCUT2D eigenvalue weighted by Gasteiger charge is -2.40. The number of aromatic nitrogens is 1. The number of carbonyl (C=O) groups excluding carboxylic acids is 1. The standard InChI is InChI=1S/C19H29N3O2/c23-18(8-3-5-15-9-11-20-12-10-15)21-16-6-4-7-17(19(16)24)22-13-1-2-14-22/h9-12,16-17,19,24H,1-8,13-14H2,(H,21,23)/t16-,17-,19-/m1/s1. The number of nitrogens with one attached hydrogen (secondary N) is 1. The number of aliphatic hydroxyl groups excluding tert-OH is 1. The molecule has 0 spiro atoms. The van der Waals surface area contributed by atoms with E-state index in [4.69, 9.17) is 0 Å². The van der Waals surface area contributed by atoms with Crippen LogP contribution < -0.4 is 5.32 Å². The maximum Gasteiger partial charge on any atom is 0.220 e. The zero-order chi connectivity index (χ0) is 16.8. The Hall–Kier alpha value is -1.46. The van der Waals surface area contributed by atoms with E-state index < -0.39 is 6.10 Å². The second-order valence-electron chi connectivity index (χ2n) is 7.11. The number of likely N-dealkylation sites (tertiary alicyclic amines) is 1. The third kappa shape index (κ3) is 4.54. The lowest BCUT2D eigenvalue weighted by molar-refractivity contribution is -0.123. The van der Waals surface area contributed by atoms with E-state index in [9.17, 15) is 9.90 Å². The summed E-state index contributed by atoms with van der Waals surface area (Å²) in [5.74, 6) is 0.0650. The molecule has 2 aliphatic rings. The van der Waals surface area contributed by atoms with Crippen LogP contribution in [0.1, 0.15) is 50.5 Å². The first-order valence-corrected chi connectivity index (χ1v) is 9.34. The molecule has 0 unspecified atom stereocenters. The fourth-order valence-corrected chi connectivity index (χ4v) is 4.07. The van der Waals surface area contributed by atoms with Gasteiger partial charge < -0.3 is 10.4 Å². The fourth-order valence-electron chi connectivity index (χ4n) is 4.07. The van der Waals surface area contributed by atoms with Gasteiger partial charge in [-0.1, -0.05) is 0 Å². The third-order valence-electron chi connectivity index (χ3n) is 5.40. The van der Waals surface area contributed by atoms with Gasteiger partial charge in [0.1, 0.15) is 0 Å². The van der Waals surface area contributed by atoms with E-state index in [-0.39, 0.29) is 18.0 Å². The lowest BCUT2D eigenvalue weighted by atomic mass is 9.87. The first kappa shape index (κ1) is 17.4. The maximum atomic E-state index is 12.2. The number of aryl methyl sites for hydroxylation is 1. The summed E-state index contributed by atoms with van der Waals surface area (Å²) in [6.07, 6.45) is 10.9. The van der Waals surface area contributed by atoms with Gasteiger partial charge in [0.2, 0.25) is 5.91 Å². The van der Waals surface area contributed by atoms with Crippen LogP contribution in [0.15, 0.2) is 24.5 Å². The summed E-state index contributed by atoms with van der Waals surface area (Å²) in [4.78, 5) is 18.6. The second-order valence-corrected chi connectivity index (χ2v) is 7.11. The molecule has 1 aliphatic carbocycles. The molecule has 1 aromatic rings. The summed E-state index contributed by atoms with van der Waals surface area (Å²) >= 11 is 0. The number of hydrogen-bond donors (Lipinski definition) is 2. The highest BCUT2D eigenvalue weighted by atomic mass is 16.3. The van der Waals surface area contributed by atoms with Crippen LogP contribution in [0.4, 0.5) is 0 Å². The van der Waals surface area contributed by atoms with E-state index in [1.807, 2.05) is 12.1 Å². The number of rotatable bonds is 6. The first-order valence-electron chi connectivity index (χ1n) is 9.34. The average Bonchev–Trinajstić information content (AvgIpc) is 3.12. The Bertz CT molecular complexity index is 517. The van der Waals surface area contributed by atoms with Crippen LogP contribution in [0, 0.1) is 0 Å². The molecule has 1 saturated carbocycles. The number of aliphatic hydroxyl groups is 1. The van der Waals surface area contributed by atoms with Crippen LogP contribution >= 0.6 is 0 Å². The summed E-state index contributed by atoms with van der Waals surface area (Å²) in [6.45, 7) is 2.18. The van der Waals surface area contributed by atoms with Gasteiger partial charge in [-0.2, -0.15) is 0 Å². The van der Waals surface area contributed by atoms with Crippen molar-refractivity contribution in [2.45, 2.75) is 69.6 Å². The SMILES string of the molecule is O=C(CCCc1ccncc1)N[C@@H]1CCC[C@@H](N2CCCC2)[C@@H]1O. The van der Waals surface area contributed by atoms with Crippen LogP contribution in [-0.4, -0.2) is 52.2 Å². The molecule has 1 saturated heterocycles. The zero-order valence-corrected chi connectivity index (χ0v) is 14.4. The molecule has 5 nitrogen and oxygen atoms in total. The molecule has 1 aromatic heterocycles. The van der Waals surface area contributed by atoms with Crippen molar-refractivity contribution < 1.29 is 9.90 Å². The Balaban J connectivity index is 1.43. The van der Waals surface area contributed by atoms with Crippen molar-refractivity contribution >= 4 is 5.91 Å². The Labute approximate surface area is 144 Å². The van der Waals surface area contributed by atoms with E-state index in [1.165, 1.54) is 18.4 Å². The van der Waals surface area contributed by atoms with Crippen LogP contribution in [0.2, 0.25) is 0 Å². The molecule has 3 atom stereocenters. The molecule has 24 heavy (non-hydrogen) atoms. The van der Waals surface area contributed by atoms with Crippen molar-refractivity contribution in [2.24, 2.45) is 0 Å². The van der Waals surface area contributed by atoms with Crippen LogP contribution in [0.25, 0.3) is 0 Å². The van der Waals surface area contributed by atoms with Crippen LogP contribution in [-0.2, 0) is 11.2 Å². The summed E-state index contributed by atoms with van der Waals surface area (Å²) in [7, 11) is 0. The molecule has 0 aromatic carbocycles. The van der Waals surface area contributed by atoms with Crippen molar-refractivity contribution in [3.63, 3.8) is 0 Å². The molecule has 5 heteroatoms. The highest BCUT2D eigenvalue weighted by Gasteiger charge is 2.36. The van der Waals surface area contributed by atoms with E-state index in [2.05, 4.69) is 15.2 Å². The lowest BCUT2D eigenvalue weighted by Crippen LogP contribution is -2.56. The molecule has 0 bridgehead atoms. The quantitative estimate of drug-likeness (QED) is 0.835. The third-order valence-corrected chi connectivity index (χ3v) is 5.40. The van der Waals surface area contributed by atoms with Crippen molar-refractivity contribution in [2.75, 3.05) is 13.1 Å². The number of pyridine rings is 1. The molecule has 132 valence electrons. The minimum Gasteiger partial charge on any atom is -0.389 e. The van der Waals surface area contributed by atoms with Gasteiger partial charge >= 0.3 is 0 Å². The fraction of sp³-hybridized carbons (Fsp3) is 0.684. The van der Waals surface area contributed by atoms with Crippen LogP contribution in [0.3, 0.4) is 0 Å². The normalized spacial score (nSPS) is 28.0. The molecule has 2 fully saturated rings. The summed E-state index contributed by atoms with van der Waals surface area (Å²) in [5.41, 5.74) is 1.21. The van der Waals surface area contributed by atoms with Gasteiger partial charge in [0.15, 0.2) is 0 Å². The molecule has 1 aliphatic heterocycles. The van der Waals surface area contributed by atoms with Gasteiger partial charge in [0.25, 0.3) is 0 Å². The predicted octanol–water partition coefficient (Wildman–Crippen LogP) is 1.90. The molecule has 0 radical (unpaired) electrons. The van der Waals surface area contributed by atoms with Gasteiger partial charge in [-0.3, -0.25) is 14.7 Å². The van der Waals surface area contributed by atoms with Gasteiger partial charge in [-0.25, -0.2) is 0 Å². The van der Waals surface area contributed by atoms with Gasteiger partial charge in [-0.15, -0.1) is 0 Å². The highest BCUT2D eigenvalue weighted by molar-refractivity contribution is 5.76. The van der Waals surface area contributed by atoms with E-state index >= 15 is 0 Å². The Morgan fingerprint density at radius 1 is 1.21 bits per heavy atom. The number of nitrogens with zero attached hydrogens (tertiary/aromatic N) is 2. The number of carbonyl (C=O) groups is 1. The number of amides is 1. The van der Waals surface area contributed by atoms with Crippen molar-refractivity contribution in [1.29, 1.82) is 0 Å². The topological polar surface area (TPSA) is 65.5 Å². The summed E-state index contributed by atoms with van der Waals surface area (Å²) in [6, 6.07) is 4.12. The van der Waals surface area contributed by atoms with Gasteiger partial charge in [0.05, 0.1) is 12.1 Å². The first-order chi connectivity index (χ1) is 11.7. The largest absolute Gasteiger partial charge is 0.389 e. The summed E-state index contributed by atoms with van der Waals surface area (Å²) < 4.78 is 0. The monoisotopic (exact) mass is 331 g/mol. The maximum absolute atomic E-state index is 12.2. The summed E-state index contributed by atoms with van der Waals surface area (Å²) in [5, 5.41) is 13.8. The Kier molecular flexibility index (Phi) is 6.21. The molecular formula is C19H29N3O2. The van der Waals surface area contributed by atoms with E-state index in [1.54, 1.807) is 12.4 Å². The Morgan fingerprint density at radius 2 is 1.96 bits per heavy atom. The number of hydrogen-bond acceptors (Lipinski definition) is 4. The molecule has 2 N–H and O–H groups in total. The van der Waals surface area contributed by atoms with Crippen LogP contribution in [0.5, 0.6) is 0 Å². The molecular weight excluding hydrogens is 302 g/mol. The molecule has 1 amide bonds. The molecule has 3 rings (SSSR count). The minimum absolute atomic E-state index is 0.0650. The van der Waals surface area contributed by atoms with Crippen molar-refractivity contribution in [3.8, 4) is 0 Å². The minimum atomic E-state index is -0.430. The zero-order valence-electron chi connectivity index (χ0n) is 14.4. The van der Waals surface area contributed by atoms with E-state index in [0.29, 0.717) is 6.42 Å². The average molecular weight is 331 g/mol. The second kappa shape index (κ2) is 8.58. The highest BCUT2D eigenvalue weighted by Crippen LogP contribution is 2.26. The van der Waals surface area contributed by atoms with Gasteiger partial charge in [0, 0.05) is 24.9 Å². The Morgan fingerprint density at radius 3 is 2.71 bits per heavy atom. The predicted molar refractivity (Wildman–Crippen MR) is 93.6 cm³/mol.